The molecule has 3 N–H and O–H groups in total. The summed E-state index contributed by atoms with van der Waals surface area (Å²) in [5.74, 6) is 3.00. The van der Waals surface area contributed by atoms with E-state index in [1.54, 1.807) is 6.07 Å². The Balaban J connectivity index is 1.92. The van der Waals surface area contributed by atoms with Crippen LogP contribution in [-0.4, -0.2) is 28.9 Å². The lowest BCUT2D eigenvalue weighted by Gasteiger charge is -2.10. The van der Waals surface area contributed by atoms with Crippen molar-refractivity contribution in [1.82, 2.24) is 10.3 Å². The van der Waals surface area contributed by atoms with Gasteiger partial charge in [0.25, 0.3) is 5.91 Å². The molecule has 0 radical (unpaired) electrons. The van der Waals surface area contributed by atoms with E-state index in [2.05, 4.69) is 10.3 Å². The van der Waals surface area contributed by atoms with Crippen LogP contribution in [0.25, 0.3) is 0 Å². The van der Waals surface area contributed by atoms with E-state index in [-0.39, 0.29) is 11.7 Å². The molecule has 0 aromatic carbocycles. The molecule has 1 aromatic rings. The van der Waals surface area contributed by atoms with Crippen molar-refractivity contribution in [2.24, 2.45) is 5.92 Å². The van der Waals surface area contributed by atoms with Crippen LogP contribution in [0.1, 0.15) is 16.8 Å². The van der Waals surface area contributed by atoms with E-state index in [0.29, 0.717) is 23.0 Å². The van der Waals surface area contributed by atoms with Gasteiger partial charge in [0.15, 0.2) is 0 Å². The Kier molecular flexibility index (Phi) is 4.12. The van der Waals surface area contributed by atoms with E-state index < -0.39 is 0 Å². The number of nitrogen functional groups attached to an aromatic ring is 1. The monoisotopic (exact) mass is 271 g/mol. The highest BCUT2D eigenvalue weighted by atomic mass is 35.5. The van der Waals surface area contributed by atoms with E-state index in [1.165, 1.54) is 18.4 Å². The number of hydrogen-bond acceptors (Lipinski definition) is 4. The van der Waals surface area contributed by atoms with Crippen LogP contribution in [0.15, 0.2) is 12.3 Å². The Morgan fingerprint density at radius 1 is 1.71 bits per heavy atom. The van der Waals surface area contributed by atoms with Crippen LogP contribution >= 0.6 is 23.4 Å². The van der Waals surface area contributed by atoms with Gasteiger partial charge in [-0.3, -0.25) is 4.79 Å². The average molecular weight is 272 g/mol. The van der Waals surface area contributed by atoms with E-state index in [1.807, 2.05) is 11.8 Å². The third-order valence-corrected chi connectivity index (χ3v) is 4.24. The molecule has 2 heterocycles. The molecular weight excluding hydrogens is 258 g/mol. The number of carbonyl (C=O) groups is 1. The molecule has 1 saturated heterocycles. The number of hydrogen-bond donors (Lipinski definition) is 2. The number of nitrogens with zero attached hydrogens (tertiary/aromatic N) is 1. The SMILES string of the molecule is Nc1ncc(C(=O)NCC2CCSC2)cc1Cl. The molecule has 6 heteroatoms. The summed E-state index contributed by atoms with van der Waals surface area (Å²) in [5, 5.41) is 3.21. The minimum atomic E-state index is -0.142. The summed E-state index contributed by atoms with van der Waals surface area (Å²) in [4.78, 5) is 15.7. The maximum absolute atomic E-state index is 11.8. The summed E-state index contributed by atoms with van der Waals surface area (Å²) >= 11 is 7.75. The Morgan fingerprint density at radius 3 is 3.18 bits per heavy atom. The van der Waals surface area contributed by atoms with Crippen molar-refractivity contribution in [2.75, 3.05) is 23.8 Å². The van der Waals surface area contributed by atoms with E-state index >= 15 is 0 Å². The fourth-order valence-electron chi connectivity index (χ4n) is 1.66. The van der Waals surface area contributed by atoms with Crippen LogP contribution < -0.4 is 11.1 Å². The van der Waals surface area contributed by atoms with Crippen molar-refractivity contribution in [1.29, 1.82) is 0 Å². The molecule has 1 fully saturated rings. The van der Waals surface area contributed by atoms with Gasteiger partial charge in [-0.1, -0.05) is 11.6 Å². The van der Waals surface area contributed by atoms with Crippen LogP contribution in [0.4, 0.5) is 5.82 Å². The molecule has 0 aliphatic carbocycles. The molecule has 1 amide bonds. The highest BCUT2D eigenvalue weighted by Gasteiger charge is 2.17. The van der Waals surface area contributed by atoms with E-state index in [4.69, 9.17) is 17.3 Å². The number of pyridine rings is 1. The molecule has 2 rings (SSSR count). The molecule has 1 aromatic heterocycles. The van der Waals surface area contributed by atoms with Crippen LogP contribution in [0.2, 0.25) is 5.02 Å². The number of carbonyl (C=O) groups excluding carboxylic acids is 1. The normalized spacial score (nSPS) is 19.2. The maximum atomic E-state index is 11.8. The summed E-state index contributed by atoms with van der Waals surface area (Å²) in [6, 6.07) is 1.54. The maximum Gasteiger partial charge on any atom is 0.252 e. The first kappa shape index (κ1) is 12.5. The molecule has 1 atom stereocenters. The fourth-order valence-corrected chi connectivity index (χ4v) is 3.11. The summed E-state index contributed by atoms with van der Waals surface area (Å²) in [7, 11) is 0. The first-order chi connectivity index (χ1) is 8.16. The van der Waals surface area contributed by atoms with Gasteiger partial charge in [-0.05, 0) is 29.9 Å². The molecular formula is C11H14ClN3OS. The predicted molar refractivity (Wildman–Crippen MR) is 71.4 cm³/mol. The summed E-state index contributed by atoms with van der Waals surface area (Å²) in [6.07, 6.45) is 2.62. The van der Waals surface area contributed by atoms with E-state index in [9.17, 15) is 4.79 Å². The fraction of sp³-hybridized carbons (Fsp3) is 0.455. The standard InChI is InChI=1S/C11H14ClN3OS/c12-9-3-8(5-14-10(9)13)11(16)15-4-7-1-2-17-6-7/h3,5,7H,1-2,4,6H2,(H2,13,14)(H,15,16). The summed E-state index contributed by atoms with van der Waals surface area (Å²) < 4.78 is 0. The smallest absolute Gasteiger partial charge is 0.252 e. The second-order valence-electron chi connectivity index (χ2n) is 4.03. The zero-order chi connectivity index (χ0) is 12.3. The minimum absolute atomic E-state index is 0.142. The van der Waals surface area contributed by atoms with Crippen molar-refractivity contribution < 1.29 is 4.79 Å². The lowest BCUT2D eigenvalue weighted by molar-refractivity contribution is 0.0948. The highest BCUT2D eigenvalue weighted by Crippen LogP contribution is 2.22. The zero-order valence-electron chi connectivity index (χ0n) is 9.28. The van der Waals surface area contributed by atoms with Crippen molar-refractivity contribution in [3.63, 3.8) is 0 Å². The highest BCUT2D eigenvalue weighted by molar-refractivity contribution is 7.99. The number of nitrogens with two attached hydrogens (primary N) is 1. The first-order valence-electron chi connectivity index (χ1n) is 5.44. The number of aromatic nitrogens is 1. The zero-order valence-corrected chi connectivity index (χ0v) is 10.9. The molecule has 0 spiro atoms. The van der Waals surface area contributed by atoms with Gasteiger partial charge in [-0.2, -0.15) is 11.8 Å². The second-order valence-corrected chi connectivity index (χ2v) is 5.59. The molecule has 0 bridgehead atoms. The number of rotatable bonds is 3. The number of anilines is 1. The largest absolute Gasteiger partial charge is 0.382 e. The number of nitrogens with one attached hydrogen (secondary N) is 1. The Hall–Kier alpha value is -0.940. The summed E-state index contributed by atoms with van der Waals surface area (Å²) in [5.41, 5.74) is 5.94. The predicted octanol–water partition coefficient (Wildman–Crippen LogP) is 1.80. The Labute approximate surface area is 109 Å². The third kappa shape index (κ3) is 3.26. The van der Waals surface area contributed by atoms with Crippen molar-refractivity contribution in [3.8, 4) is 0 Å². The quantitative estimate of drug-likeness (QED) is 0.880. The van der Waals surface area contributed by atoms with Crippen molar-refractivity contribution in [3.05, 3.63) is 22.8 Å². The van der Waals surface area contributed by atoms with Gasteiger partial charge in [-0.15, -0.1) is 0 Å². The third-order valence-electron chi connectivity index (χ3n) is 2.71. The Bertz CT molecular complexity index is 421. The lowest BCUT2D eigenvalue weighted by atomic mass is 10.1. The topological polar surface area (TPSA) is 68.0 Å². The molecule has 0 saturated carbocycles. The van der Waals surface area contributed by atoms with Crippen LogP contribution in [-0.2, 0) is 0 Å². The summed E-state index contributed by atoms with van der Waals surface area (Å²) in [6.45, 7) is 0.716. The number of halogens is 1. The van der Waals surface area contributed by atoms with Gasteiger partial charge in [0.05, 0.1) is 10.6 Å². The van der Waals surface area contributed by atoms with Crippen molar-refractivity contribution in [2.45, 2.75) is 6.42 Å². The molecule has 1 aliphatic rings. The minimum Gasteiger partial charge on any atom is -0.382 e. The van der Waals surface area contributed by atoms with Gasteiger partial charge in [-0.25, -0.2) is 4.98 Å². The van der Waals surface area contributed by atoms with E-state index in [0.717, 1.165) is 5.75 Å². The van der Waals surface area contributed by atoms with Gasteiger partial charge in [0.2, 0.25) is 0 Å². The molecule has 92 valence electrons. The van der Waals surface area contributed by atoms with Gasteiger partial charge in [0.1, 0.15) is 5.82 Å². The average Bonchev–Trinajstić information content (AvgIpc) is 2.82. The lowest BCUT2D eigenvalue weighted by Crippen LogP contribution is -2.29. The second kappa shape index (κ2) is 5.60. The van der Waals surface area contributed by atoms with Gasteiger partial charge < -0.3 is 11.1 Å². The first-order valence-corrected chi connectivity index (χ1v) is 6.97. The van der Waals surface area contributed by atoms with Crippen LogP contribution in [0, 0.1) is 5.92 Å². The molecule has 1 aliphatic heterocycles. The van der Waals surface area contributed by atoms with Gasteiger partial charge >= 0.3 is 0 Å². The molecule has 4 nitrogen and oxygen atoms in total. The number of thioether (sulfide) groups is 1. The van der Waals surface area contributed by atoms with Crippen molar-refractivity contribution >= 4 is 35.1 Å². The Morgan fingerprint density at radius 2 is 2.53 bits per heavy atom. The number of amides is 1. The molecule has 1 unspecified atom stereocenters. The van der Waals surface area contributed by atoms with Crippen LogP contribution in [0.3, 0.4) is 0 Å². The van der Waals surface area contributed by atoms with Crippen LogP contribution in [0.5, 0.6) is 0 Å². The molecule has 17 heavy (non-hydrogen) atoms. The van der Waals surface area contributed by atoms with Gasteiger partial charge in [0, 0.05) is 12.7 Å².